The average molecular weight is 295 g/mol. The number of pyridine rings is 1. The minimum atomic E-state index is -0.0655. The van der Waals surface area contributed by atoms with Crippen LogP contribution in [0.5, 0.6) is 0 Å². The molecule has 21 heavy (non-hydrogen) atoms. The zero-order valence-electron chi connectivity index (χ0n) is 11.2. The highest BCUT2D eigenvalue weighted by atomic mass is 32.1. The minimum absolute atomic E-state index is 0.0655. The molecule has 1 amide bonds. The third kappa shape index (κ3) is 3.52. The molecule has 0 bridgehead atoms. The zero-order valence-corrected chi connectivity index (χ0v) is 12.0. The predicted molar refractivity (Wildman–Crippen MR) is 84.1 cm³/mol. The summed E-state index contributed by atoms with van der Waals surface area (Å²) in [6.45, 7) is 0. The van der Waals surface area contributed by atoms with Crippen LogP contribution in [0, 0.1) is 0 Å². The van der Waals surface area contributed by atoms with Crippen LogP contribution in [0.15, 0.2) is 60.2 Å². The van der Waals surface area contributed by atoms with E-state index in [-0.39, 0.29) is 12.3 Å². The van der Waals surface area contributed by atoms with Crippen LogP contribution < -0.4 is 5.32 Å². The smallest absolute Gasteiger partial charge is 0.230 e. The van der Waals surface area contributed by atoms with Crippen LogP contribution in [0.2, 0.25) is 0 Å². The van der Waals surface area contributed by atoms with Crippen molar-refractivity contribution in [2.24, 2.45) is 0 Å². The first-order valence-electron chi connectivity index (χ1n) is 6.51. The molecule has 0 saturated carbocycles. The Morgan fingerprint density at radius 3 is 2.76 bits per heavy atom. The van der Waals surface area contributed by atoms with Gasteiger partial charge < -0.3 is 5.32 Å². The van der Waals surface area contributed by atoms with Crippen molar-refractivity contribution in [3.63, 3.8) is 0 Å². The molecule has 0 aliphatic heterocycles. The Morgan fingerprint density at radius 1 is 1.14 bits per heavy atom. The lowest BCUT2D eigenvalue weighted by atomic mass is 10.2. The third-order valence-corrected chi connectivity index (χ3v) is 3.80. The second-order valence-electron chi connectivity index (χ2n) is 4.48. The Hall–Kier alpha value is -2.53. The van der Waals surface area contributed by atoms with Gasteiger partial charge in [0.25, 0.3) is 0 Å². The monoisotopic (exact) mass is 295 g/mol. The molecule has 0 unspecified atom stereocenters. The normalized spacial score (nSPS) is 10.3. The number of para-hydroxylation sites is 1. The number of benzene rings is 1. The van der Waals surface area contributed by atoms with Crippen LogP contribution in [-0.2, 0) is 11.2 Å². The van der Waals surface area contributed by atoms with Crippen LogP contribution in [0.1, 0.15) is 5.69 Å². The number of hydrogen-bond donors (Lipinski definition) is 1. The van der Waals surface area contributed by atoms with Crippen LogP contribution in [0.4, 0.5) is 5.69 Å². The van der Waals surface area contributed by atoms with Gasteiger partial charge in [0.05, 0.1) is 12.1 Å². The van der Waals surface area contributed by atoms with Gasteiger partial charge in [0.15, 0.2) is 0 Å². The van der Waals surface area contributed by atoms with Gasteiger partial charge in [-0.3, -0.25) is 9.78 Å². The predicted octanol–water partition coefficient (Wildman–Crippen LogP) is 3.39. The van der Waals surface area contributed by atoms with E-state index in [0.29, 0.717) is 0 Å². The van der Waals surface area contributed by atoms with Gasteiger partial charge in [-0.1, -0.05) is 18.2 Å². The topological polar surface area (TPSA) is 54.9 Å². The summed E-state index contributed by atoms with van der Waals surface area (Å²) in [6, 6.07) is 13.2. The molecule has 3 aromatic rings. The molecule has 4 nitrogen and oxygen atoms in total. The second-order valence-corrected chi connectivity index (χ2v) is 5.33. The fraction of sp³-hybridized carbons (Fsp3) is 0.0625. The first-order chi connectivity index (χ1) is 10.3. The number of nitrogens with zero attached hydrogens (tertiary/aromatic N) is 2. The Bertz CT molecular complexity index is 726. The van der Waals surface area contributed by atoms with Crippen molar-refractivity contribution in [3.05, 3.63) is 65.9 Å². The fourth-order valence-corrected chi connectivity index (χ4v) is 2.71. The Morgan fingerprint density at radius 2 is 2.00 bits per heavy atom. The molecule has 1 aromatic carbocycles. The molecular weight excluding hydrogens is 282 g/mol. The highest BCUT2D eigenvalue weighted by Gasteiger charge is 2.09. The van der Waals surface area contributed by atoms with E-state index in [9.17, 15) is 4.79 Å². The van der Waals surface area contributed by atoms with Gasteiger partial charge in [0, 0.05) is 29.0 Å². The lowest BCUT2D eigenvalue weighted by molar-refractivity contribution is -0.115. The summed E-state index contributed by atoms with van der Waals surface area (Å²) >= 11 is 1.52. The Balaban J connectivity index is 1.66. The summed E-state index contributed by atoms with van der Waals surface area (Å²) < 4.78 is 0. The van der Waals surface area contributed by atoms with Gasteiger partial charge in [-0.2, -0.15) is 0 Å². The molecule has 104 valence electrons. The highest BCUT2D eigenvalue weighted by molar-refractivity contribution is 7.13. The number of carbonyl (C=O) groups excluding carboxylic acids is 1. The van der Waals surface area contributed by atoms with Gasteiger partial charge in [0.2, 0.25) is 5.91 Å². The molecule has 5 heteroatoms. The van der Waals surface area contributed by atoms with Crippen LogP contribution in [0.25, 0.3) is 10.6 Å². The number of thiazole rings is 1. The van der Waals surface area contributed by atoms with Gasteiger partial charge >= 0.3 is 0 Å². The van der Waals surface area contributed by atoms with E-state index in [0.717, 1.165) is 22.0 Å². The van der Waals surface area contributed by atoms with E-state index in [2.05, 4.69) is 15.3 Å². The van der Waals surface area contributed by atoms with Gasteiger partial charge in [0.1, 0.15) is 5.01 Å². The van der Waals surface area contributed by atoms with E-state index in [4.69, 9.17) is 0 Å². The number of carbonyl (C=O) groups is 1. The Labute approximate surface area is 126 Å². The van der Waals surface area contributed by atoms with E-state index >= 15 is 0 Å². The molecule has 0 atom stereocenters. The quantitative estimate of drug-likeness (QED) is 0.802. The summed E-state index contributed by atoms with van der Waals surface area (Å²) in [5, 5.41) is 5.64. The maximum absolute atomic E-state index is 12.0. The first kappa shape index (κ1) is 13.5. The molecule has 0 spiro atoms. The van der Waals surface area contributed by atoms with Gasteiger partial charge in [-0.25, -0.2) is 4.98 Å². The maximum Gasteiger partial charge on any atom is 0.230 e. The lowest BCUT2D eigenvalue weighted by Crippen LogP contribution is -2.14. The average Bonchev–Trinajstić information content (AvgIpc) is 2.97. The molecule has 0 fully saturated rings. The zero-order chi connectivity index (χ0) is 14.5. The van der Waals surface area contributed by atoms with Crippen molar-refractivity contribution in [2.75, 3.05) is 5.32 Å². The number of aromatic nitrogens is 2. The van der Waals surface area contributed by atoms with Crippen molar-refractivity contribution in [2.45, 2.75) is 6.42 Å². The SMILES string of the molecule is O=C(Cc1csc(-c2cccnc2)n1)Nc1ccccc1. The standard InChI is InChI=1S/C16H13N3OS/c20-15(18-13-6-2-1-3-7-13)9-14-11-21-16(19-14)12-5-4-8-17-10-12/h1-8,10-11H,9H2,(H,18,20). The van der Waals surface area contributed by atoms with E-state index in [1.54, 1.807) is 12.4 Å². The third-order valence-electron chi connectivity index (χ3n) is 2.86. The molecule has 0 aliphatic rings. The molecule has 0 saturated heterocycles. The van der Waals surface area contributed by atoms with Crippen molar-refractivity contribution < 1.29 is 4.79 Å². The fourth-order valence-electron chi connectivity index (χ4n) is 1.90. The summed E-state index contributed by atoms with van der Waals surface area (Å²) in [7, 11) is 0. The molecule has 2 heterocycles. The summed E-state index contributed by atoms with van der Waals surface area (Å²) in [6.07, 6.45) is 3.77. The minimum Gasteiger partial charge on any atom is -0.326 e. The van der Waals surface area contributed by atoms with E-state index in [1.807, 2.05) is 47.8 Å². The number of nitrogens with one attached hydrogen (secondary N) is 1. The van der Waals surface area contributed by atoms with E-state index < -0.39 is 0 Å². The number of hydrogen-bond acceptors (Lipinski definition) is 4. The van der Waals surface area contributed by atoms with Crippen molar-refractivity contribution in [1.82, 2.24) is 9.97 Å². The maximum atomic E-state index is 12.0. The van der Waals surface area contributed by atoms with Crippen LogP contribution in [-0.4, -0.2) is 15.9 Å². The van der Waals surface area contributed by atoms with Crippen molar-refractivity contribution in [3.8, 4) is 10.6 Å². The van der Waals surface area contributed by atoms with Crippen LogP contribution >= 0.6 is 11.3 Å². The number of anilines is 1. The Kier molecular flexibility index (Phi) is 4.02. The summed E-state index contributed by atoms with van der Waals surface area (Å²) in [4.78, 5) is 20.5. The summed E-state index contributed by atoms with van der Waals surface area (Å²) in [5.74, 6) is -0.0655. The van der Waals surface area contributed by atoms with Gasteiger partial charge in [-0.15, -0.1) is 11.3 Å². The van der Waals surface area contributed by atoms with Gasteiger partial charge in [-0.05, 0) is 24.3 Å². The van der Waals surface area contributed by atoms with Crippen molar-refractivity contribution >= 4 is 22.9 Å². The summed E-state index contributed by atoms with van der Waals surface area (Å²) in [5.41, 5.74) is 2.54. The second kappa shape index (κ2) is 6.28. The van der Waals surface area contributed by atoms with E-state index in [1.165, 1.54) is 11.3 Å². The highest BCUT2D eigenvalue weighted by Crippen LogP contribution is 2.22. The molecule has 3 rings (SSSR count). The molecule has 0 radical (unpaired) electrons. The number of rotatable bonds is 4. The molecule has 1 N–H and O–H groups in total. The lowest BCUT2D eigenvalue weighted by Gasteiger charge is -2.02. The van der Waals surface area contributed by atoms with Crippen molar-refractivity contribution in [1.29, 1.82) is 0 Å². The molecule has 0 aliphatic carbocycles. The number of amides is 1. The first-order valence-corrected chi connectivity index (χ1v) is 7.39. The molecule has 2 aromatic heterocycles. The largest absolute Gasteiger partial charge is 0.326 e. The molecular formula is C16H13N3OS. The van der Waals surface area contributed by atoms with Crippen LogP contribution in [0.3, 0.4) is 0 Å².